The summed E-state index contributed by atoms with van der Waals surface area (Å²) in [6, 6.07) is 17.3. The lowest BCUT2D eigenvalue weighted by atomic mass is 10.2. The Balaban J connectivity index is 2.06. The molecule has 2 aromatic rings. The highest BCUT2D eigenvalue weighted by Crippen LogP contribution is 2.13. The minimum Gasteiger partial charge on any atom is -0.618 e. The average Bonchev–Trinajstić information content (AvgIpc) is 2.48. The van der Waals surface area contributed by atoms with Crippen molar-refractivity contribution in [2.24, 2.45) is 0 Å². The Morgan fingerprint density at radius 3 is 2.20 bits per heavy atom. The monoisotopic (exact) mass is 266 g/mol. The molecular formula is C17H18N2O. The molecule has 0 saturated heterocycles. The molecule has 0 saturated carbocycles. The highest BCUT2D eigenvalue weighted by molar-refractivity contribution is 5.76. The fourth-order valence-corrected chi connectivity index (χ4v) is 1.78. The van der Waals surface area contributed by atoms with Gasteiger partial charge in [-0.05, 0) is 23.8 Å². The first-order chi connectivity index (χ1) is 9.66. The summed E-state index contributed by atoms with van der Waals surface area (Å²) in [5, 5.41) is 11.8. The predicted molar refractivity (Wildman–Crippen MR) is 85.6 cm³/mol. The summed E-state index contributed by atoms with van der Waals surface area (Å²) in [6.07, 6.45) is 5.17. The third kappa shape index (κ3) is 3.72. The second kappa shape index (κ2) is 6.57. The first-order valence-electron chi connectivity index (χ1n) is 6.47. The lowest BCUT2D eigenvalue weighted by Crippen LogP contribution is -2.07. The fourth-order valence-electron chi connectivity index (χ4n) is 1.78. The van der Waals surface area contributed by atoms with Crippen LogP contribution < -0.4 is 4.90 Å². The largest absolute Gasteiger partial charge is 0.618 e. The van der Waals surface area contributed by atoms with Crippen molar-refractivity contribution < 1.29 is 4.74 Å². The van der Waals surface area contributed by atoms with Crippen LogP contribution in [0, 0.1) is 5.21 Å². The molecule has 2 rings (SSSR count). The first kappa shape index (κ1) is 13.9. The van der Waals surface area contributed by atoms with Crippen molar-refractivity contribution in [2.75, 3.05) is 19.0 Å². The molecule has 0 fully saturated rings. The van der Waals surface area contributed by atoms with Gasteiger partial charge < -0.3 is 10.1 Å². The molecule has 20 heavy (non-hydrogen) atoms. The molecule has 0 aliphatic rings. The van der Waals surface area contributed by atoms with Gasteiger partial charge in [-0.25, -0.2) is 0 Å². The van der Waals surface area contributed by atoms with E-state index in [1.165, 1.54) is 6.21 Å². The highest BCUT2D eigenvalue weighted by Gasteiger charge is 1.96. The van der Waals surface area contributed by atoms with E-state index in [0.717, 1.165) is 16.0 Å². The minimum atomic E-state index is 0.625. The average molecular weight is 266 g/mol. The number of allylic oxidation sites excluding steroid dienone is 1. The summed E-state index contributed by atoms with van der Waals surface area (Å²) in [5.74, 6) is 0. The van der Waals surface area contributed by atoms with Crippen LogP contribution in [0.1, 0.15) is 5.56 Å². The van der Waals surface area contributed by atoms with Gasteiger partial charge in [0.15, 0.2) is 6.21 Å². The van der Waals surface area contributed by atoms with Crippen molar-refractivity contribution in [1.29, 1.82) is 0 Å². The zero-order chi connectivity index (χ0) is 14.4. The van der Waals surface area contributed by atoms with Gasteiger partial charge in [0.25, 0.3) is 0 Å². The van der Waals surface area contributed by atoms with Crippen molar-refractivity contribution in [3.8, 4) is 0 Å². The third-order valence-corrected chi connectivity index (χ3v) is 2.93. The molecule has 0 aliphatic carbocycles. The Morgan fingerprint density at radius 2 is 1.60 bits per heavy atom. The normalized spacial score (nSPS) is 11.8. The molecule has 0 amide bonds. The van der Waals surface area contributed by atoms with Crippen LogP contribution in [-0.4, -0.2) is 25.0 Å². The van der Waals surface area contributed by atoms with E-state index in [1.807, 2.05) is 62.6 Å². The summed E-state index contributed by atoms with van der Waals surface area (Å²) < 4.78 is 0.852. The Kier molecular flexibility index (Phi) is 4.56. The van der Waals surface area contributed by atoms with Gasteiger partial charge in [-0.1, -0.05) is 30.3 Å². The molecule has 0 atom stereocenters. The molecule has 0 spiro atoms. The van der Waals surface area contributed by atoms with E-state index in [-0.39, 0.29) is 0 Å². The molecule has 3 nitrogen and oxygen atoms in total. The van der Waals surface area contributed by atoms with Gasteiger partial charge in [0.05, 0.1) is 0 Å². The molecule has 0 heterocycles. The molecule has 2 aromatic carbocycles. The molecule has 0 unspecified atom stereocenters. The van der Waals surface area contributed by atoms with Crippen LogP contribution in [0.25, 0.3) is 6.08 Å². The zero-order valence-corrected chi connectivity index (χ0v) is 11.7. The smallest absolute Gasteiger partial charge is 0.216 e. The van der Waals surface area contributed by atoms with Gasteiger partial charge in [-0.3, -0.25) is 0 Å². The summed E-state index contributed by atoms with van der Waals surface area (Å²) in [4.78, 5) is 2.05. The number of benzene rings is 2. The Labute approximate surface area is 119 Å². The van der Waals surface area contributed by atoms with Crippen molar-refractivity contribution in [2.45, 2.75) is 0 Å². The Bertz CT molecular complexity index is 599. The standard InChI is InChI=1S/C17H18N2O/c1-18(2)16-12-10-15(11-13-16)7-6-14-19(20)17-8-4-3-5-9-17/h3-14H,1-2H3/b7-6+,19-14-. The molecule has 3 heteroatoms. The number of hydrogen-bond donors (Lipinski definition) is 0. The number of anilines is 1. The first-order valence-corrected chi connectivity index (χ1v) is 6.47. The van der Waals surface area contributed by atoms with E-state index in [4.69, 9.17) is 0 Å². The van der Waals surface area contributed by atoms with E-state index in [9.17, 15) is 5.21 Å². The SMILES string of the molecule is CN(C)c1ccc(/C=C/C=[N+](\[O-])c2ccccc2)cc1. The lowest BCUT2D eigenvalue weighted by molar-refractivity contribution is -0.354. The van der Waals surface area contributed by atoms with E-state index in [1.54, 1.807) is 18.2 Å². The minimum absolute atomic E-state index is 0.625. The zero-order valence-electron chi connectivity index (χ0n) is 11.7. The van der Waals surface area contributed by atoms with Gasteiger partial charge >= 0.3 is 0 Å². The van der Waals surface area contributed by atoms with Gasteiger partial charge in [-0.2, -0.15) is 4.74 Å². The van der Waals surface area contributed by atoms with E-state index in [0.29, 0.717) is 5.69 Å². The fraction of sp³-hybridized carbons (Fsp3) is 0.118. The molecule has 0 radical (unpaired) electrons. The van der Waals surface area contributed by atoms with Crippen LogP contribution in [0.5, 0.6) is 0 Å². The van der Waals surface area contributed by atoms with Gasteiger partial charge in [0.1, 0.15) is 0 Å². The van der Waals surface area contributed by atoms with E-state index in [2.05, 4.69) is 4.90 Å². The topological polar surface area (TPSA) is 29.3 Å². The molecule has 0 aliphatic heterocycles. The number of rotatable bonds is 4. The highest BCUT2D eigenvalue weighted by atomic mass is 16.5. The van der Waals surface area contributed by atoms with Gasteiger partial charge in [0.2, 0.25) is 5.69 Å². The van der Waals surface area contributed by atoms with Crippen LogP contribution in [-0.2, 0) is 0 Å². The number of para-hydroxylation sites is 1. The van der Waals surface area contributed by atoms with Crippen molar-refractivity contribution in [3.63, 3.8) is 0 Å². The summed E-state index contributed by atoms with van der Waals surface area (Å²) >= 11 is 0. The summed E-state index contributed by atoms with van der Waals surface area (Å²) in [5.41, 5.74) is 2.84. The maximum atomic E-state index is 11.8. The third-order valence-electron chi connectivity index (χ3n) is 2.93. The van der Waals surface area contributed by atoms with Crippen LogP contribution in [0.3, 0.4) is 0 Å². The predicted octanol–water partition coefficient (Wildman–Crippen LogP) is 3.68. The van der Waals surface area contributed by atoms with Crippen LogP contribution in [0.15, 0.2) is 60.7 Å². The number of nitrogens with zero attached hydrogens (tertiary/aromatic N) is 2. The van der Waals surface area contributed by atoms with Crippen LogP contribution in [0.4, 0.5) is 11.4 Å². The van der Waals surface area contributed by atoms with Crippen molar-refractivity contribution in [3.05, 3.63) is 71.4 Å². The second-order valence-corrected chi connectivity index (χ2v) is 4.66. The second-order valence-electron chi connectivity index (χ2n) is 4.66. The molecule has 0 bridgehead atoms. The van der Waals surface area contributed by atoms with Gasteiger partial charge in [-0.15, -0.1) is 0 Å². The Hall–Kier alpha value is -2.55. The van der Waals surface area contributed by atoms with E-state index >= 15 is 0 Å². The quantitative estimate of drug-likeness (QED) is 0.365. The van der Waals surface area contributed by atoms with Crippen molar-refractivity contribution >= 4 is 23.7 Å². The van der Waals surface area contributed by atoms with Crippen LogP contribution >= 0.6 is 0 Å². The van der Waals surface area contributed by atoms with Gasteiger partial charge in [0, 0.05) is 38.0 Å². The molecule has 0 N–H and O–H groups in total. The maximum Gasteiger partial charge on any atom is 0.216 e. The Morgan fingerprint density at radius 1 is 0.950 bits per heavy atom. The van der Waals surface area contributed by atoms with E-state index < -0.39 is 0 Å². The maximum absolute atomic E-state index is 11.8. The molecular weight excluding hydrogens is 248 g/mol. The van der Waals surface area contributed by atoms with Crippen LogP contribution in [0.2, 0.25) is 0 Å². The molecule has 102 valence electrons. The number of hydrogen-bond acceptors (Lipinski definition) is 2. The summed E-state index contributed by atoms with van der Waals surface area (Å²) in [7, 11) is 4.02. The lowest BCUT2D eigenvalue weighted by Gasteiger charge is -2.11. The molecule has 0 aromatic heterocycles. The van der Waals surface area contributed by atoms with Crippen molar-refractivity contribution in [1.82, 2.24) is 0 Å². The summed E-state index contributed by atoms with van der Waals surface area (Å²) in [6.45, 7) is 0.